The molecule has 7 nitrogen and oxygen atoms in total. The summed E-state index contributed by atoms with van der Waals surface area (Å²) >= 11 is 5.18. The van der Waals surface area contributed by atoms with Crippen LogP contribution in [0, 0.1) is 0 Å². The van der Waals surface area contributed by atoms with E-state index in [4.69, 9.17) is 5.73 Å². The van der Waals surface area contributed by atoms with Crippen molar-refractivity contribution >= 4 is 27.7 Å². The van der Waals surface area contributed by atoms with Crippen molar-refractivity contribution in [2.24, 2.45) is 12.8 Å². The van der Waals surface area contributed by atoms with Crippen molar-refractivity contribution in [1.29, 1.82) is 0 Å². The van der Waals surface area contributed by atoms with Gasteiger partial charge in [-0.3, -0.25) is 4.68 Å². The van der Waals surface area contributed by atoms with E-state index >= 15 is 0 Å². The van der Waals surface area contributed by atoms with Crippen molar-refractivity contribution in [3.63, 3.8) is 0 Å². The van der Waals surface area contributed by atoms with Crippen LogP contribution in [0.5, 0.6) is 0 Å². The molecule has 2 aromatic heterocycles. The van der Waals surface area contributed by atoms with Gasteiger partial charge in [-0.2, -0.15) is 5.10 Å². The Bertz CT molecular complexity index is 550. The van der Waals surface area contributed by atoms with E-state index in [1.165, 1.54) is 0 Å². The Morgan fingerprint density at radius 3 is 2.84 bits per heavy atom. The minimum absolute atomic E-state index is 0.522. The van der Waals surface area contributed by atoms with E-state index in [0.29, 0.717) is 13.1 Å². The number of aromatic nitrogens is 6. The highest BCUT2D eigenvalue weighted by atomic mass is 79.9. The molecule has 104 valence electrons. The first-order valence-electron chi connectivity index (χ1n) is 5.96. The van der Waals surface area contributed by atoms with Crippen LogP contribution in [0.1, 0.15) is 18.3 Å². The van der Waals surface area contributed by atoms with Crippen LogP contribution in [-0.4, -0.2) is 36.5 Å². The highest BCUT2D eigenvalue weighted by molar-refractivity contribution is 9.10. The van der Waals surface area contributed by atoms with Gasteiger partial charge in [0.05, 0.1) is 22.4 Å². The summed E-state index contributed by atoms with van der Waals surface area (Å²) in [4.78, 5) is 0. The van der Waals surface area contributed by atoms with Crippen LogP contribution < -0.4 is 5.73 Å². The highest BCUT2D eigenvalue weighted by Crippen LogP contribution is 2.27. The molecule has 0 aliphatic carbocycles. The lowest BCUT2D eigenvalue weighted by Gasteiger charge is -2.03. The normalized spacial score (nSPS) is 11.2. The zero-order chi connectivity index (χ0) is 13.8. The third kappa shape index (κ3) is 3.15. The quantitative estimate of drug-likeness (QED) is 0.785. The summed E-state index contributed by atoms with van der Waals surface area (Å²) in [6, 6.07) is 0. The minimum atomic E-state index is 0.522. The predicted octanol–water partition coefficient (Wildman–Crippen LogP) is 0.982. The Hall–Kier alpha value is -0.930. The molecule has 0 bridgehead atoms. The molecule has 2 aromatic rings. The van der Waals surface area contributed by atoms with Gasteiger partial charge in [0, 0.05) is 19.3 Å². The second-order valence-electron chi connectivity index (χ2n) is 3.95. The molecule has 0 fully saturated rings. The third-order valence-corrected chi connectivity index (χ3v) is 4.56. The highest BCUT2D eigenvalue weighted by Gasteiger charge is 2.14. The number of hydrogen-bond acceptors (Lipinski definition) is 6. The molecule has 19 heavy (non-hydrogen) atoms. The molecule has 2 rings (SSSR count). The van der Waals surface area contributed by atoms with Crippen molar-refractivity contribution in [3.05, 3.63) is 15.9 Å². The van der Waals surface area contributed by atoms with E-state index in [0.717, 1.165) is 33.2 Å². The molecule has 0 unspecified atom stereocenters. The van der Waals surface area contributed by atoms with E-state index < -0.39 is 0 Å². The van der Waals surface area contributed by atoms with Crippen molar-refractivity contribution in [1.82, 2.24) is 30.0 Å². The summed E-state index contributed by atoms with van der Waals surface area (Å²) in [6.07, 6.45) is 0.907. The van der Waals surface area contributed by atoms with Gasteiger partial charge in [-0.15, -0.1) is 5.10 Å². The fourth-order valence-electron chi connectivity index (χ4n) is 1.67. The summed E-state index contributed by atoms with van der Waals surface area (Å²) in [5.41, 5.74) is 7.72. The SMILES string of the molecule is CCc1nn(C)c(CSc2nnnn2CCN)c1Br. The maximum absolute atomic E-state index is 5.52. The number of nitrogens with zero attached hydrogens (tertiary/aromatic N) is 6. The van der Waals surface area contributed by atoms with Crippen LogP contribution in [0.3, 0.4) is 0 Å². The van der Waals surface area contributed by atoms with E-state index in [2.05, 4.69) is 43.5 Å². The van der Waals surface area contributed by atoms with Crippen LogP contribution in [0.25, 0.3) is 0 Å². The van der Waals surface area contributed by atoms with Crippen molar-refractivity contribution < 1.29 is 0 Å². The molecule has 0 saturated heterocycles. The molecular formula is C10H16BrN7S. The van der Waals surface area contributed by atoms with Gasteiger partial charge >= 0.3 is 0 Å². The molecule has 0 spiro atoms. The Morgan fingerprint density at radius 1 is 1.42 bits per heavy atom. The average molecular weight is 346 g/mol. The molecule has 0 atom stereocenters. The number of tetrazole rings is 1. The Balaban J connectivity index is 2.10. The van der Waals surface area contributed by atoms with E-state index in [9.17, 15) is 0 Å². The Labute approximate surface area is 124 Å². The summed E-state index contributed by atoms with van der Waals surface area (Å²) in [7, 11) is 1.95. The van der Waals surface area contributed by atoms with E-state index in [1.54, 1.807) is 16.4 Å². The molecule has 0 aliphatic rings. The zero-order valence-electron chi connectivity index (χ0n) is 10.9. The predicted molar refractivity (Wildman–Crippen MR) is 76.7 cm³/mol. The van der Waals surface area contributed by atoms with Gasteiger partial charge in [-0.1, -0.05) is 18.7 Å². The second-order valence-corrected chi connectivity index (χ2v) is 5.68. The van der Waals surface area contributed by atoms with Gasteiger partial charge < -0.3 is 5.73 Å². The first kappa shape index (κ1) is 14.5. The minimum Gasteiger partial charge on any atom is -0.329 e. The molecular weight excluding hydrogens is 330 g/mol. The molecule has 9 heteroatoms. The Morgan fingerprint density at radius 2 is 2.21 bits per heavy atom. The molecule has 0 saturated carbocycles. The third-order valence-electron chi connectivity index (χ3n) is 2.68. The average Bonchev–Trinajstić information content (AvgIpc) is 2.93. The molecule has 0 radical (unpaired) electrons. The smallest absolute Gasteiger partial charge is 0.209 e. The maximum atomic E-state index is 5.52. The first-order chi connectivity index (χ1) is 9.17. The summed E-state index contributed by atoms with van der Waals surface area (Å²) in [5.74, 6) is 0.759. The second kappa shape index (κ2) is 6.49. The number of aryl methyl sites for hydroxylation is 2. The van der Waals surface area contributed by atoms with Gasteiger partial charge in [-0.25, -0.2) is 4.68 Å². The van der Waals surface area contributed by atoms with Gasteiger partial charge in [0.1, 0.15) is 0 Å². The topological polar surface area (TPSA) is 87.4 Å². The van der Waals surface area contributed by atoms with Crippen LogP contribution in [0.15, 0.2) is 9.63 Å². The number of thioether (sulfide) groups is 1. The zero-order valence-corrected chi connectivity index (χ0v) is 13.3. The molecule has 0 aromatic carbocycles. The summed E-state index contributed by atoms with van der Waals surface area (Å²) < 4.78 is 4.69. The fraction of sp³-hybridized carbons (Fsp3) is 0.600. The van der Waals surface area contributed by atoms with Crippen LogP contribution in [-0.2, 0) is 25.8 Å². The number of nitrogens with two attached hydrogens (primary N) is 1. The summed E-state index contributed by atoms with van der Waals surface area (Å²) in [5, 5.41) is 16.8. The van der Waals surface area contributed by atoms with Gasteiger partial charge in [0.15, 0.2) is 0 Å². The van der Waals surface area contributed by atoms with Gasteiger partial charge in [0.2, 0.25) is 5.16 Å². The van der Waals surface area contributed by atoms with E-state index in [-0.39, 0.29) is 0 Å². The van der Waals surface area contributed by atoms with Crippen molar-refractivity contribution in [2.75, 3.05) is 6.54 Å². The number of hydrogen-bond donors (Lipinski definition) is 1. The standard InChI is InChI=1S/C10H16BrN7S/c1-3-7-9(11)8(17(2)14-7)6-19-10-13-15-16-18(10)5-4-12/h3-6,12H2,1-2H3. The molecule has 0 aliphatic heterocycles. The lowest BCUT2D eigenvalue weighted by molar-refractivity contribution is 0.556. The maximum Gasteiger partial charge on any atom is 0.209 e. The summed E-state index contributed by atoms with van der Waals surface area (Å²) in [6.45, 7) is 3.24. The molecule has 2 heterocycles. The Kier molecular flexibility index (Phi) is 4.94. The molecule has 2 N–H and O–H groups in total. The number of rotatable bonds is 6. The monoisotopic (exact) mass is 345 g/mol. The van der Waals surface area contributed by atoms with Crippen LogP contribution >= 0.6 is 27.7 Å². The fourth-order valence-corrected chi connectivity index (χ4v) is 3.58. The van der Waals surface area contributed by atoms with E-state index in [1.807, 2.05) is 11.7 Å². The number of halogens is 1. The lowest BCUT2D eigenvalue weighted by Crippen LogP contribution is -2.12. The first-order valence-corrected chi connectivity index (χ1v) is 7.74. The van der Waals surface area contributed by atoms with Crippen molar-refractivity contribution in [3.8, 4) is 0 Å². The largest absolute Gasteiger partial charge is 0.329 e. The van der Waals surface area contributed by atoms with Crippen LogP contribution in [0.4, 0.5) is 0 Å². The lowest BCUT2D eigenvalue weighted by atomic mass is 10.3. The van der Waals surface area contributed by atoms with Crippen LogP contribution in [0.2, 0.25) is 0 Å². The van der Waals surface area contributed by atoms with Gasteiger partial charge in [0.25, 0.3) is 0 Å². The van der Waals surface area contributed by atoms with Crippen molar-refractivity contribution in [2.45, 2.75) is 30.8 Å². The molecule has 0 amide bonds. The van der Waals surface area contributed by atoms with Gasteiger partial charge in [-0.05, 0) is 32.8 Å².